The molecule has 1 saturated carbocycles. The van der Waals surface area contributed by atoms with Crippen LogP contribution in [0.25, 0.3) is 6.08 Å². The highest BCUT2D eigenvalue weighted by Gasteiger charge is 2.35. The van der Waals surface area contributed by atoms with Crippen molar-refractivity contribution in [3.63, 3.8) is 0 Å². The molecule has 1 unspecified atom stereocenters. The standard InChI is InChI=1S/C19H22N4O3/c1-24-15-8-11(7-12-9-22-19(21)23-18(12)20)13-5-6-14(10-3-4-10)26-16(13)17(15)25-2/h5-6,8-10,14H,3-4,7H2,1-2H3,(H4,20,21,22,23)/i7D2. The summed E-state index contributed by atoms with van der Waals surface area (Å²) in [6.07, 6.45) is 5.31. The first-order valence-electron chi connectivity index (χ1n) is 9.39. The fourth-order valence-electron chi connectivity index (χ4n) is 3.06. The average Bonchev–Trinajstić information content (AvgIpc) is 3.51. The van der Waals surface area contributed by atoms with E-state index < -0.39 is 6.37 Å². The van der Waals surface area contributed by atoms with E-state index >= 15 is 0 Å². The quantitative estimate of drug-likeness (QED) is 0.847. The Morgan fingerprint density at radius 3 is 2.73 bits per heavy atom. The van der Waals surface area contributed by atoms with Gasteiger partial charge in [-0.1, -0.05) is 6.08 Å². The van der Waals surface area contributed by atoms with E-state index in [0.717, 1.165) is 12.8 Å². The summed E-state index contributed by atoms with van der Waals surface area (Å²) < 4.78 is 34.8. The van der Waals surface area contributed by atoms with Crippen molar-refractivity contribution >= 4 is 17.8 Å². The molecule has 4 rings (SSSR count). The maximum atomic E-state index is 8.79. The Balaban J connectivity index is 1.90. The highest BCUT2D eigenvalue weighted by atomic mass is 16.5. The third kappa shape index (κ3) is 2.89. The molecular formula is C19H22N4O3. The van der Waals surface area contributed by atoms with Crippen LogP contribution in [0, 0.1) is 5.92 Å². The van der Waals surface area contributed by atoms with Gasteiger partial charge in [0.25, 0.3) is 0 Å². The number of methoxy groups -OCH3 is 2. The van der Waals surface area contributed by atoms with Crippen molar-refractivity contribution in [1.29, 1.82) is 0 Å². The second-order valence-electron chi connectivity index (χ2n) is 6.33. The summed E-state index contributed by atoms with van der Waals surface area (Å²) >= 11 is 0. The van der Waals surface area contributed by atoms with E-state index in [1.165, 1.54) is 20.4 Å². The first-order chi connectivity index (χ1) is 13.4. The number of nitrogen functional groups attached to an aromatic ring is 2. The molecule has 2 heterocycles. The SMILES string of the molecule is [2H]C([2H])(c1cnc(N)nc1N)c1cc(OC)c(OC)c2c1C=CC(C1CC1)O2. The summed E-state index contributed by atoms with van der Waals surface area (Å²) in [5, 5.41) is 0. The normalized spacial score (nSPS) is 19.8. The van der Waals surface area contributed by atoms with E-state index in [1.807, 2.05) is 12.2 Å². The van der Waals surface area contributed by atoms with Crippen molar-refractivity contribution in [3.8, 4) is 17.2 Å². The van der Waals surface area contributed by atoms with Crippen LogP contribution in [-0.4, -0.2) is 30.3 Å². The zero-order valence-electron chi connectivity index (χ0n) is 16.7. The van der Waals surface area contributed by atoms with Crippen LogP contribution in [-0.2, 0) is 6.37 Å². The van der Waals surface area contributed by atoms with Gasteiger partial charge in [0.1, 0.15) is 11.9 Å². The second kappa shape index (κ2) is 6.40. The van der Waals surface area contributed by atoms with Gasteiger partial charge in [0, 0.05) is 26.4 Å². The molecule has 0 amide bonds. The first kappa shape index (κ1) is 14.2. The Kier molecular flexibility index (Phi) is 3.50. The number of nitrogens with zero attached hydrogens (tertiary/aromatic N) is 2. The number of benzene rings is 1. The van der Waals surface area contributed by atoms with Crippen LogP contribution in [0.4, 0.5) is 11.8 Å². The fourth-order valence-corrected chi connectivity index (χ4v) is 3.06. The Hall–Kier alpha value is -2.96. The van der Waals surface area contributed by atoms with Crippen molar-refractivity contribution in [2.45, 2.75) is 25.3 Å². The summed E-state index contributed by atoms with van der Waals surface area (Å²) in [4.78, 5) is 7.80. The van der Waals surface area contributed by atoms with Crippen LogP contribution in [0.1, 0.15) is 32.3 Å². The second-order valence-corrected chi connectivity index (χ2v) is 6.33. The predicted octanol–water partition coefficient (Wildman–Crippen LogP) is 2.43. The van der Waals surface area contributed by atoms with Crippen LogP contribution in [0.5, 0.6) is 17.2 Å². The van der Waals surface area contributed by atoms with E-state index in [4.69, 9.17) is 28.4 Å². The minimum Gasteiger partial charge on any atom is -0.493 e. The van der Waals surface area contributed by atoms with Gasteiger partial charge in [0.2, 0.25) is 11.7 Å². The Bertz CT molecular complexity index is 961. The third-order valence-electron chi connectivity index (χ3n) is 4.56. The summed E-state index contributed by atoms with van der Waals surface area (Å²) in [6, 6.07) is 1.60. The molecule has 1 fully saturated rings. The van der Waals surface area contributed by atoms with Gasteiger partial charge >= 0.3 is 0 Å². The molecule has 1 aliphatic heterocycles. The third-order valence-corrected chi connectivity index (χ3v) is 4.56. The van der Waals surface area contributed by atoms with Gasteiger partial charge < -0.3 is 25.7 Å². The van der Waals surface area contributed by atoms with E-state index in [9.17, 15) is 0 Å². The lowest BCUT2D eigenvalue weighted by atomic mass is 9.96. The van der Waals surface area contributed by atoms with Gasteiger partial charge in [0.15, 0.2) is 11.5 Å². The minimum absolute atomic E-state index is 0.0121. The molecule has 2 aromatic rings. The summed E-state index contributed by atoms with van der Waals surface area (Å²) in [5.74, 6) is 1.73. The van der Waals surface area contributed by atoms with Crippen molar-refractivity contribution < 1.29 is 17.0 Å². The van der Waals surface area contributed by atoms with Crippen LogP contribution >= 0.6 is 0 Å². The van der Waals surface area contributed by atoms with Crippen LogP contribution in [0.2, 0.25) is 0 Å². The van der Waals surface area contributed by atoms with E-state index in [-0.39, 0.29) is 23.4 Å². The van der Waals surface area contributed by atoms with Crippen LogP contribution in [0.3, 0.4) is 0 Å². The molecule has 7 heteroatoms. The van der Waals surface area contributed by atoms with Gasteiger partial charge in [-0.15, -0.1) is 0 Å². The first-order valence-corrected chi connectivity index (χ1v) is 8.39. The lowest BCUT2D eigenvalue weighted by Crippen LogP contribution is -2.20. The summed E-state index contributed by atoms with van der Waals surface area (Å²) in [6.45, 7) is 0. The van der Waals surface area contributed by atoms with Gasteiger partial charge in [0.05, 0.1) is 14.2 Å². The Morgan fingerprint density at radius 2 is 2.08 bits per heavy atom. The van der Waals surface area contributed by atoms with E-state index in [2.05, 4.69) is 9.97 Å². The maximum Gasteiger partial charge on any atom is 0.221 e. The number of aromatic nitrogens is 2. The zero-order chi connectivity index (χ0) is 20.1. The van der Waals surface area contributed by atoms with E-state index in [0.29, 0.717) is 34.3 Å². The molecular weight excluding hydrogens is 332 g/mol. The number of nitrogens with two attached hydrogens (primary N) is 2. The highest BCUT2D eigenvalue weighted by Crippen LogP contribution is 2.48. The predicted molar refractivity (Wildman–Crippen MR) is 99.4 cm³/mol. The zero-order valence-corrected chi connectivity index (χ0v) is 14.7. The molecule has 0 saturated heterocycles. The monoisotopic (exact) mass is 356 g/mol. The molecule has 0 spiro atoms. The molecule has 1 aromatic heterocycles. The molecule has 26 heavy (non-hydrogen) atoms. The van der Waals surface area contributed by atoms with Crippen LogP contribution in [0.15, 0.2) is 18.3 Å². The van der Waals surface area contributed by atoms with Crippen molar-refractivity contribution in [1.82, 2.24) is 9.97 Å². The van der Waals surface area contributed by atoms with Gasteiger partial charge in [-0.05, 0) is 36.5 Å². The molecule has 7 nitrogen and oxygen atoms in total. The number of hydrogen-bond donors (Lipinski definition) is 2. The fraction of sp³-hybridized carbons (Fsp3) is 0.368. The van der Waals surface area contributed by atoms with Crippen molar-refractivity contribution in [2.24, 2.45) is 5.92 Å². The molecule has 1 aliphatic carbocycles. The topological polar surface area (TPSA) is 106 Å². The summed E-state index contributed by atoms with van der Waals surface area (Å²) in [5.41, 5.74) is 12.5. The van der Waals surface area contributed by atoms with E-state index in [1.54, 1.807) is 6.07 Å². The molecule has 1 aromatic carbocycles. The molecule has 0 bridgehead atoms. The van der Waals surface area contributed by atoms with Gasteiger partial charge in [-0.25, -0.2) is 4.98 Å². The van der Waals surface area contributed by atoms with Crippen molar-refractivity contribution in [2.75, 3.05) is 25.7 Å². The largest absolute Gasteiger partial charge is 0.493 e. The minimum atomic E-state index is -2.01. The number of anilines is 2. The summed E-state index contributed by atoms with van der Waals surface area (Å²) in [7, 11) is 3.04. The lowest BCUT2D eigenvalue weighted by Gasteiger charge is -2.26. The average molecular weight is 356 g/mol. The van der Waals surface area contributed by atoms with Gasteiger partial charge in [-0.2, -0.15) is 4.98 Å². The molecule has 136 valence electrons. The lowest BCUT2D eigenvalue weighted by molar-refractivity contribution is 0.209. The number of rotatable bonds is 5. The maximum absolute atomic E-state index is 8.79. The van der Waals surface area contributed by atoms with Crippen molar-refractivity contribution in [3.05, 3.63) is 35.0 Å². The Morgan fingerprint density at radius 1 is 1.27 bits per heavy atom. The Labute approximate surface area is 154 Å². The molecule has 0 radical (unpaired) electrons. The highest BCUT2D eigenvalue weighted by molar-refractivity contribution is 5.72. The molecule has 1 atom stereocenters. The number of ether oxygens (including phenoxy) is 3. The number of fused-ring (bicyclic) bond motifs is 1. The molecule has 2 aliphatic rings. The van der Waals surface area contributed by atoms with Crippen LogP contribution < -0.4 is 25.7 Å². The number of hydrogen-bond acceptors (Lipinski definition) is 7. The van der Waals surface area contributed by atoms with Gasteiger partial charge in [-0.3, -0.25) is 0 Å². The molecule has 4 N–H and O–H groups in total. The smallest absolute Gasteiger partial charge is 0.221 e.